The maximum atomic E-state index is 6.25. The Morgan fingerprint density at radius 1 is 0.800 bits per heavy atom. The summed E-state index contributed by atoms with van der Waals surface area (Å²) in [7, 11) is 0. The lowest BCUT2D eigenvalue weighted by molar-refractivity contribution is -0.212. The summed E-state index contributed by atoms with van der Waals surface area (Å²) < 4.78 is 6.25. The molecule has 1 heterocycles. The average Bonchev–Trinajstić information content (AvgIpc) is 2.39. The first-order valence-electron chi connectivity index (χ1n) is 9.02. The van der Waals surface area contributed by atoms with Crippen LogP contribution in [0.15, 0.2) is 0 Å². The van der Waals surface area contributed by atoms with Gasteiger partial charge in [-0.25, -0.2) is 0 Å². The molecule has 1 nitrogen and oxygen atoms in total. The van der Waals surface area contributed by atoms with Crippen molar-refractivity contribution in [3.05, 3.63) is 0 Å². The van der Waals surface area contributed by atoms with Gasteiger partial charge in [0.1, 0.15) is 0 Å². The van der Waals surface area contributed by atoms with Crippen LogP contribution in [0.5, 0.6) is 0 Å². The Balaban J connectivity index is 0.000000704. The van der Waals surface area contributed by atoms with Gasteiger partial charge in [-0.2, -0.15) is 0 Å². The molecule has 118 valence electrons. The number of rotatable bonds is 0. The Kier molecular flexibility index (Phi) is 4.60. The summed E-state index contributed by atoms with van der Waals surface area (Å²) >= 11 is 0. The van der Waals surface area contributed by atoms with Crippen LogP contribution in [0.2, 0.25) is 0 Å². The normalized spacial score (nSPS) is 46.5. The quantitative estimate of drug-likeness (QED) is 0.543. The smallest absolute Gasteiger partial charge is 0.0687 e. The van der Waals surface area contributed by atoms with E-state index in [0.29, 0.717) is 10.8 Å². The minimum absolute atomic E-state index is 0.191. The van der Waals surface area contributed by atoms with Gasteiger partial charge in [-0.15, -0.1) is 0 Å². The molecular formula is C19H36O. The second-order valence-electron chi connectivity index (χ2n) is 8.30. The third kappa shape index (κ3) is 2.45. The molecule has 0 bridgehead atoms. The molecular weight excluding hydrogens is 244 g/mol. The van der Waals surface area contributed by atoms with Gasteiger partial charge >= 0.3 is 0 Å². The highest BCUT2D eigenvalue weighted by atomic mass is 16.5. The van der Waals surface area contributed by atoms with Gasteiger partial charge in [0.15, 0.2) is 0 Å². The molecule has 0 aromatic carbocycles. The molecule has 3 aliphatic rings. The van der Waals surface area contributed by atoms with Crippen LogP contribution in [0, 0.1) is 22.7 Å². The van der Waals surface area contributed by atoms with Crippen molar-refractivity contribution in [3.63, 3.8) is 0 Å². The maximum Gasteiger partial charge on any atom is 0.0687 e. The lowest BCUT2D eigenvalue weighted by Crippen LogP contribution is -2.59. The minimum Gasteiger partial charge on any atom is -0.375 e. The first kappa shape index (κ1) is 16.3. The summed E-state index contributed by atoms with van der Waals surface area (Å²) in [5, 5.41) is 0. The van der Waals surface area contributed by atoms with Crippen molar-refractivity contribution in [2.24, 2.45) is 22.7 Å². The first-order valence-corrected chi connectivity index (χ1v) is 9.02. The zero-order valence-electron chi connectivity index (χ0n) is 14.7. The Bertz CT molecular complexity index is 335. The zero-order valence-corrected chi connectivity index (χ0v) is 14.7. The Labute approximate surface area is 126 Å². The van der Waals surface area contributed by atoms with Crippen LogP contribution in [-0.2, 0) is 4.74 Å². The zero-order chi connectivity index (χ0) is 15.0. The molecule has 0 spiro atoms. The van der Waals surface area contributed by atoms with E-state index in [4.69, 9.17) is 4.74 Å². The molecule has 2 aliphatic carbocycles. The van der Waals surface area contributed by atoms with E-state index in [-0.39, 0.29) is 5.60 Å². The van der Waals surface area contributed by atoms with Gasteiger partial charge < -0.3 is 4.74 Å². The van der Waals surface area contributed by atoms with Gasteiger partial charge in [-0.1, -0.05) is 41.0 Å². The van der Waals surface area contributed by atoms with E-state index in [1.807, 2.05) is 13.8 Å². The van der Waals surface area contributed by atoms with Gasteiger partial charge in [0.25, 0.3) is 0 Å². The molecule has 2 saturated carbocycles. The van der Waals surface area contributed by atoms with Gasteiger partial charge in [-0.05, 0) is 68.1 Å². The number of fused-ring (bicyclic) bond motifs is 3. The van der Waals surface area contributed by atoms with Crippen molar-refractivity contribution in [2.45, 2.75) is 92.1 Å². The van der Waals surface area contributed by atoms with Crippen LogP contribution in [0.4, 0.5) is 0 Å². The van der Waals surface area contributed by atoms with E-state index in [9.17, 15) is 0 Å². The van der Waals surface area contributed by atoms with Gasteiger partial charge in [0, 0.05) is 6.61 Å². The van der Waals surface area contributed by atoms with E-state index in [0.717, 1.165) is 18.4 Å². The predicted molar refractivity (Wildman–Crippen MR) is 86.9 cm³/mol. The highest BCUT2D eigenvalue weighted by Crippen LogP contribution is 2.64. The molecule has 20 heavy (non-hydrogen) atoms. The summed E-state index contributed by atoms with van der Waals surface area (Å²) in [6.45, 7) is 15.0. The molecule has 1 aliphatic heterocycles. The highest BCUT2D eigenvalue weighted by Gasteiger charge is 2.59. The Morgan fingerprint density at radius 3 is 2.20 bits per heavy atom. The predicted octanol–water partition coefficient (Wildman–Crippen LogP) is 5.82. The first-order chi connectivity index (χ1) is 9.39. The number of hydrogen-bond acceptors (Lipinski definition) is 1. The monoisotopic (exact) mass is 280 g/mol. The van der Waals surface area contributed by atoms with Crippen molar-refractivity contribution in [3.8, 4) is 0 Å². The standard InChI is InChI=1S/C17H30O.C2H6/c1-15(2)9-6-10-16(3)13(15)8-11-17(4)14(16)7-5-12-18-17;1-2/h13-14H,5-12H2,1-4H3;1-2H3/t13?,14-,16-,17+;/m0./s1. The molecule has 0 aromatic rings. The molecule has 3 rings (SSSR count). The largest absolute Gasteiger partial charge is 0.375 e. The second-order valence-corrected chi connectivity index (χ2v) is 8.30. The lowest BCUT2D eigenvalue weighted by atomic mass is 9.45. The Hall–Kier alpha value is -0.0400. The second kappa shape index (κ2) is 5.63. The number of ether oxygens (including phenoxy) is 1. The van der Waals surface area contributed by atoms with Crippen LogP contribution < -0.4 is 0 Å². The fourth-order valence-electron chi connectivity index (χ4n) is 6.01. The van der Waals surface area contributed by atoms with Gasteiger partial charge in [-0.3, -0.25) is 0 Å². The molecule has 0 radical (unpaired) electrons. The van der Waals surface area contributed by atoms with Crippen LogP contribution in [0.3, 0.4) is 0 Å². The fraction of sp³-hybridized carbons (Fsp3) is 1.00. The van der Waals surface area contributed by atoms with Crippen molar-refractivity contribution in [2.75, 3.05) is 6.61 Å². The fourth-order valence-corrected chi connectivity index (χ4v) is 6.01. The van der Waals surface area contributed by atoms with E-state index < -0.39 is 0 Å². The minimum atomic E-state index is 0.191. The third-order valence-corrected chi connectivity index (χ3v) is 6.81. The van der Waals surface area contributed by atoms with E-state index in [1.54, 1.807) is 0 Å². The molecule has 3 fully saturated rings. The van der Waals surface area contributed by atoms with Crippen LogP contribution in [0.1, 0.15) is 86.5 Å². The summed E-state index contributed by atoms with van der Waals surface area (Å²) in [6, 6.07) is 0. The molecule has 1 saturated heterocycles. The van der Waals surface area contributed by atoms with Crippen molar-refractivity contribution < 1.29 is 4.74 Å². The van der Waals surface area contributed by atoms with Gasteiger partial charge in [0.2, 0.25) is 0 Å². The summed E-state index contributed by atoms with van der Waals surface area (Å²) in [5.74, 6) is 1.72. The van der Waals surface area contributed by atoms with Crippen LogP contribution in [-0.4, -0.2) is 12.2 Å². The maximum absolute atomic E-state index is 6.25. The summed E-state index contributed by atoms with van der Waals surface area (Å²) in [4.78, 5) is 0. The lowest BCUT2D eigenvalue weighted by Gasteiger charge is -2.63. The molecule has 0 amide bonds. The van der Waals surface area contributed by atoms with Crippen LogP contribution >= 0.6 is 0 Å². The third-order valence-electron chi connectivity index (χ3n) is 6.81. The molecule has 0 aromatic heterocycles. The number of hydrogen-bond donors (Lipinski definition) is 0. The molecule has 1 unspecified atom stereocenters. The summed E-state index contributed by atoms with van der Waals surface area (Å²) in [6.07, 6.45) is 9.65. The molecule has 4 atom stereocenters. The highest BCUT2D eigenvalue weighted by molar-refractivity contribution is 5.08. The van der Waals surface area contributed by atoms with Crippen LogP contribution in [0.25, 0.3) is 0 Å². The molecule has 1 heteroatoms. The van der Waals surface area contributed by atoms with Crippen molar-refractivity contribution >= 4 is 0 Å². The van der Waals surface area contributed by atoms with Crippen molar-refractivity contribution in [1.82, 2.24) is 0 Å². The van der Waals surface area contributed by atoms with E-state index >= 15 is 0 Å². The topological polar surface area (TPSA) is 9.23 Å². The van der Waals surface area contributed by atoms with E-state index in [1.165, 1.54) is 44.9 Å². The SMILES string of the molecule is CC.CC1(C)CCC[C@@]2(C)C1CC[C@@]1(C)OCCC[C@H]12. The van der Waals surface area contributed by atoms with Gasteiger partial charge in [0.05, 0.1) is 5.60 Å². The van der Waals surface area contributed by atoms with Crippen molar-refractivity contribution in [1.29, 1.82) is 0 Å². The average molecular weight is 280 g/mol. The Morgan fingerprint density at radius 2 is 1.50 bits per heavy atom. The summed E-state index contributed by atoms with van der Waals surface area (Å²) in [5.41, 5.74) is 1.28. The van der Waals surface area contributed by atoms with E-state index in [2.05, 4.69) is 27.7 Å². The molecule has 0 N–H and O–H groups in total.